The minimum absolute atomic E-state index is 0.142. The van der Waals surface area contributed by atoms with Crippen molar-refractivity contribution in [2.24, 2.45) is 4.99 Å². The Kier molecular flexibility index (Phi) is 4.65. The quantitative estimate of drug-likeness (QED) is 0.408. The standard InChI is InChI=1S/C23H14BrNO2/c24-16(13-15-7-2-1-3-8-15)14-25-20-12-6-11-19-21(20)23(27)18-10-5-4-9-17(18)22(19)26/h1-14H/b16-13-,25-14?. The molecule has 0 N–H and O–H groups in total. The summed E-state index contributed by atoms with van der Waals surface area (Å²) in [4.78, 5) is 30.2. The summed E-state index contributed by atoms with van der Waals surface area (Å²) in [6, 6.07) is 21.9. The lowest BCUT2D eigenvalue weighted by atomic mass is 9.83. The van der Waals surface area contributed by atoms with Gasteiger partial charge in [-0.2, -0.15) is 0 Å². The van der Waals surface area contributed by atoms with Crippen LogP contribution in [0.3, 0.4) is 0 Å². The van der Waals surface area contributed by atoms with E-state index in [4.69, 9.17) is 0 Å². The number of hydrogen-bond donors (Lipinski definition) is 0. The van der Waals surface area contributed by atoms with E-state index in [1.165, 1.54) is 0 Å². The van der Waals surface area contributed by atoms with Crippen LogP contribution in [0.2, 0.25) is 0 Å². The van der Waals surface area contributed by atoms with Gasteiger partial charge >= 0.3 is 0 Å². The molecule has 130 valence electrons. The highest BCUT2D eigenvalue weighted by Gasteiger charge is 2.31. The number of ketones is 2. The van der Waals surface area contributed by atoms with Gasteiger partial charge in [-0.3, -0.25) is 14.6 Å². The third-order valence-corrected chi connectivity index (χ3v) is 4.80. The molecule has 0 fully saturated rings. The molecular formula is C23H14BrNO2. The summed E-state index contributed by atoms with van der Waals surface area (Å²) >= 11 is 3.48. The Morgan fingerprint density at radius 2 is 1.37 bits per heavy atom. The fourth-order valence-electron chi connectivity index (χ4n) is 3.11. The molecule has 0 aromatic heterocycles. The molecule has 0 radical (unpaired) electrons. The number of nitrogens with zero attached hydrogens (tertiary/aromatic N) is 1. The van der Waals surface area contributed by atoms with Crippen LogP contribution >= 0.6 is 15.9 Å². The van der Waals surface area contributed by atoms with Crippen molar-refractivity contribution in [2.45, 2.75) is 0 Å². The van der Waals surface area contributed by atoms with E-state index in [1.807, 2.05) is 36.4 Å². The molecule has 0 aliphatic heterocycles. The molecule has 1 aliphatic rings. The highest BCUT2D eigenvalue weighted by Crippen LogP contribution is 2.33. The van der Waals surface area contributed by atoms with Gasteiger partial charge in [-0.05, 0) is 33.6 Å². The van der Waals surface area contributed by atoms with Crippen molar-refractivity contribution in [3.63, 3.8) is 0 Å². The molecular weight excluding hydrogens is 402 g/mol. The molecule has 0 saturated carbocycles. The number of benzene rings is 3. The van der Waals surface area contributed by atoms with Crippen LogP contribution in [0.4, 0.5) is 5.69 Å². The second-order valence-electron chi connectivity index (χ2n) is 6.10. The fraction of sp³-hybridized carbons (Fsp3) is 0. The van der Waals surface area contributed by atoms with Crippen LogP contribution in [-0.4, -0.2) is 17.8 Å². The molecule has 0 unspecified atom stereocenters. The maximum absolute atomic E-state index is 13.0. The van der Waals surface area contributed by atoms with Crippen molar-refractivity contribution in [3.05, 3.63) is 105 Å². The smallest absolute Gasteiger partial charge is 0.196 e. The Hall–Kier alpha value is -3.11. The normalized spacial score (nSPS) is 13.6. The minimum Gasteiger partial charge on any atom is -0.289 e. The van der Waals surface area contributed by atoms with E-state index in [2.05, 4.69) is 20.9 Å². The second kappa shape index (κ2) is 7.25. The third-order valence-electron chi connectivity index (χ3n) is 4.36. The van der Waals surface area contributed by atoms with Crippen LogP contribution in [0, 0.1) is 0 Å². The number of hydrogen-bond acceptors (Lipinski definition) is 3. The highest BCUT2D eigenvalue weighted by atomic mass is 79.9. The zero-order valence-corrected chi connectivity index (χ0v) is 15.8. The van der Waals surface area contributed by atoms with E-state index in [-0.39, 0.29) is 11.6 Å². The lowest BCUT2D eigenvalue weighted by Gasteiger charge is -2.18. The van der Waals surface area contributed by atoms with Crippen molar-refractivity contribution in [3.8, 4) is 0 Å². The molecule has 3 aromatic carbocycles. The van der Waals surface area contributed by atoms with Gasteiger partial charge in [0.15, 0.2) is 11.6 Å². The average Bonchev–Trinajstić information content (AvgIpc) is 2.71. The van der Waals surface area contributed by atoms with E-state index in [0.29, 0.717) is 27.9 Å². The van der Waals surface area contributed by atoms with Crippen LogP contribution in [0.5, 0.6) is 0 Å². The lowest BCUT2D eigenvalue weighted by Crippen LogP contribution is -2.20. The van der Waals surface area contributed by atoms with Crippen LogP contribution in [0.1, 0.15) is 37.4 Å². The maximum Gasteiger partial charge on any atom is 0.196 e. The summed E-state index contributed by atoms with van der Waals surface area (Å²) < 4.78 is 0.765. The van der Waals surface area contributed by atoms with Gasteiger partial charge in [0.1, 0.15) is 0 Å². The first-order valence-corrected chi connectivity index (χ1v) is 9.22. The van der Waals surface area contributed by atoms with Crippen molar-refractivity contribution < 1.29 is 9.59 Å². The Balaban J connectivity index is 1.73. The van der Waals surface area contributed by atoms with Gasteiger partial charge < -0.3 is 0 Å². The predicted molar refractivity (Wildman–Crippen MR) is 111 cm³/mol. The summed E-state index contributed by atoms with van der Waals surface area (Å²) in [7, 11) is 0. The van der Waals surface area contributed by atoms with Gasteiger partial charge in [-0.25, -0.2) is 0 Å². The molecule has 0 atom stereocenters. The highest BCUT2D eigenvalue weighted by molar-refractivity contribution is 9.12. The molecule has 27 heavy (non-hydrogen) atoms. The molecule has 4 rings (SSSR count). The third kappa shape index (κ3) is 3.32. The number of fused-ring (bicyclic) bond motifs is 2. The van der Waals surface area contributed by atoms with Crippen molar-refractivity contribution in [2.75, 3.05) is 0 Å². The Bertz CT molecular complexity index is 1110. The zero-order valence-electron chi connectivity index (χ0n) is 14.2. The first-order valence-electron chi connectivity index (χ1n) is 8.43. The summed E-state index contributed by atoms with van der Waals surface area (Å²) in [5.74, 6) is -0.313. The van der Waals surface area contributed by atoms with E-state index >= 15 is 0 Å². The number of aliphatic imine (C=N–C) groups is 1. The van der Waals surface area contributed by atoms with Gasteiger partial charge in [0.05, 0.1) is 11.3 Å². The number of carbonyl (C=O) groups is 2. The SMILES string of the molecule is O=C1c2ccccc2C(=O)c2c(N=C/C(Br)=C/c3ccccc3)cccc21. The summed E-state index contributed by atoms with van der Waals surface area (Å²) in [6.07, 6.45) is 3.57. The maximum atomic E-state index is 13.0. The number of carbonyl (C=O) groups excluding carboxylic acids is 2. The molecule has 3 aromatic rings. The first-order chi connectivity index (χ1) is 13.1. The molecule has 0 amide bonds. The molecule has 4 heteroatoms. The second-order valence-corrected chi connectivity index (χ2v) is 7.02. The fourth-order valence-corrected chi connectivity index (χ4v) is 3.48. The van der Waals surface area contributed by atoms with Crippen molar-refractivity contribution in [1.82, 2.24) is 0 Å². The predicted octanol–water partition coefficient (Wildman–Crippen LogP) is 5.60. The number of allylic oxidation sites excluding steroid dienone is 1. The van der Waals surface area contributed by atoms with Gasteiger partial charge in [-0.15, -0.1) is 0 Å². The van der Waals surface area contributed by atoms with Gasteiger partial charge in [0.2, 0.25) is 0 Å². The molecule has 0 saturated heterocycles. The Morgan fingerprint density at radius 3 is 2.11 bits per heavy atom. The molecule has 0 bridgehead atoms. The Labute approximate surface area is 165 Å². The first kappa shape index (κ1) is 17.3. The van der Waals surface area contributed by atoms with Crippen LogP contribution in [0.25, 0.3) is 6.08 Å². The summed E-state index contributed by atoms with van der Waals surface area (Å²) in [6.45, 7) is 0. The van der Waals surface area contributed by atoms with Crippen LogP contribution in [-0.2, 0) is 0 Å². The van der Waals surface area contributed by atoms with Crippen LogP contribution in [0.15, 0.2) is 82.3 Å². The van der Waals surface area contributed by atoms with E-state index in [9.17, 15) is 9.59 Å². The molecule has 0 heterocycles. The number of halogens is 1. The van der Waals surface area contributed by atoms with E-state index in [1.54, 1.807) is 48.7 Å². The van der Waals surface area contributed by atoms with E-state index in [0.717, 1.165) is 10.0 Å². The average molecular weight is 416 g/mol. The van der Waals surface area contributed by atoms with Crippen LogP contribution < -0.4 is 0 Å². The molecule has 1 aliphatic carbocycles. The van der Waals surface area contributed by atoms with Gasteiger partial charge in [0.25, 0.3) is 0 Å². The zero-order chi connectivity index (χ0) is 18.8. The lowest BCUT2D eigenvalue weighted by molar-refractivity contribution is 0.0979. The topological polar surface area (TPSA) is 46.5 Å². The Morgan fingerprint density at radius 1 is 0.741 bits per heavy atom. The molecule has 0 spiro atoms. The minimum atomic E-state index is -0.170. The van der Waals surface area contributed by atoms with Gasteiger partial charge in [-0.1, -0.05) is 66.7 Å². The van der Waals surface area contributed by atoms with Gasteiger partial charge in [0, 0.05) is 27.4 Å². The largest absolute Gasteiger partial charge is 0.289 e. The summed E-state index contributed by atoms with van der Waals surface area (Å²) in [5.41, 5.74) is 3.15. The van der Waals surface area contributed by atoms with Crippen molar-refractivity contribution >= 4 is 45.5 Å². The van der Waals surface area contributed by atoms with E-state index < -0.39 is 0 Å². The number of rotatable bonds is 3. The molecule has 3 nitrogen and oxygen atoms in total. The monoisotopic (exact) mass is 415 g/mol. The summed E-state index contributed by atoms with van der Waals surface area (Å²) in [5, 5.41) is 0. The van der Waals surface area contributed by atoms with Crippen molar-refractivity contribution in [1.29, 1.82) is 0 Å².